The summed E-state index contributed by atoms with van der Waals surface area (Å²) in [6.45, 7) is 2.39. The molecule has 0 atom stereocenters. The van der Waals surface area contributed by atoms with Gasteiger partial charge in [0.05, 0.1) is 10.2 Å². The monoisotopic (exact) mass is 293 g/mol. The highest BCUT2D eigenvalue weighted by atomic mass is 79.9. The lowest BCUT2D eigenvalue weighted by Crippen LogP contribution is -2.03. The summed E-state index contributed by atoms with van der Waals surface area (Å²) in [6.07, 6.45) is 1.62. The van der Waals surface area contributed by atoms with Crippen LogP contribution in [-0.2, 0) is 6.61 Å². The van der Waals surface area contributed by atoms with Crippen molar-refractivity contribution in [3.8, 4) is 5.75 Å². The molecule has 0 aliphatic carbocycles. The Labute approximate surface area is 108 Å². The third kappa shape index (κ3) is 3.17. The fraction of sp³-hybridized carbons (Fsp3) is 0.167. The molecule has 0 aliphatic heterocycles. The Bertz CT molecular complexity index is 514. The number of aryl methyl sites for hydroxylation is 1. The predicted octanol–water partition coefficient (Wildman–Crippen LogP) is 2.71. The van der Waals surface area contributed by atoms with Crippen LogP contribution in [0.2, 0.25) is 0 Å². The minimum absolute atomic E-state index is 0.246. The van der Waals surface area contributed by atoms with Gasteiger partial charge in [0.15, 0.2) is 0 Å². The van der Waals surface area contributed by atoms with Crippen LogP contribution in [-0.4, -0.2) is 9.97 Å². The first-order valence-electron chi connectivity index (χ1n) is 5.11. The quantitative estimate of drug-likeness (QED) is 0.945. The lowest BCUT2D eigenvalue weighted by molar-refractivity contribution is 0.300. The van der Waals surface area contributed by atoms with Crippen LogP contribution < -0.4 is 10.5 Å². The van der Waals surface area contributed by atoms with E-state index >= 15 is 0 Å². The zero-order valence-corrected chi connectivity index (χ0v) is 10.9. The number of anilines is 1. The van der Waals surface area contributed by atoms with E-state index in [-0.39, 0.29) is 5.95 Å². The summed E-state index contributed by atoms with van der Waals surface area (Å²) in [6, 6.07) is 7.85. The molecule has 88 valence electrons. The molecule has 0 radical (unpaired) electrons. The summed E-state index contributed by atoms with van der Waals surface area (Å²) < 4.78 is 6.40. The number of nitrogens with zero attached hydrogens (tertiary/aromatic N) is 2. The van der Waals surface area contributed by atoms with Gasteiger partial charge in [0.2, 0.25) is 5.95 Å². The van der Waals surface area contributed by atoms with Crippen molar-refractivity contribution in [2.75, 3.05) is 5.73 Å². The smallest absolute Gasteiger partial charge is 0.220 e. The molecule has 0 spiro atoms. The van der Waals surface area contributed by atoms with E-state index in [4.69, 9.17) is 10.5 Å². The second kappa shape index (κ2) is 5.14. The number of halogens is 1. The maximum atomic E-state index is 5.61. The standard InChI is InChI=1S/C12H12BrN3O/c1-8-2-4-9(5-3-8)17-7-11-10(13)6-15-12(14)16-11/h2-6H,7H2,1H3,(H2,14,15,16). The van der Waals surface area contributed by atoms with Gasteiger partial charge in [-0.25, -0.2) is 9.97 Å². The molecule has 0 aliphatic rings. The first-order chi connectivity index (χ1) is 8.15. The number of aromatic nitrogens is 2. The third-order valence-electron chi connectivity index (χ3n) is 2.23. The number of hydrogen-bond donors (Lipinski definition) is 1. The van der Waals surface area contributed by atoms with Crippen LogP contribution in [0, 0.1) is 6.92 Å². The van der Waals surface area contributed by atoms with Crippen molar-refractivity contribution in [2.45, 2.75) is 13.5 Å². The van der Waals surface area contributed by atoms with E-state index in [1.807, 2.05) is 31.2 Å². The molecule has 17 heavy (non-hydrogen) atoms. The Morgan fingerprint density at radius 3 is 2.71 bits per heavy atom. The van der Waals surface area contributed by atoms with Gasteiger partial charge in [0.1, 0.15) is 12.4 Å². The number of nitrogen functional groups attached to an aromatic ring is 1. The topological polar surface area (TPSA) is 61.0 Å². The molecule has 2 rings (SSSR count). The molecule has 0 amide bonds. The zero-order chi connectivity index (χ0) is 12.3. The molecular weight excluding hydrogens is 282 g/mol. The molecule has 0 unspecified atom stereocenters. The van der Waals surface area contributed by atoms with Gasteiger partial charge in [-0.05, 0) is 35.0 Å². The van der Waals surface area contributed by atoms with Gasteiger partial charge >= 0.3 is 0 Å². The second-order valence-corrected chi connectivity index (χ2v) is 4.48. The molecule has 2 aromatic rings. The average molecular weight is 294 g/mol. The van der Waals surface area contributed by atoms with Gasteiger partial charge in [0, 0.05) is 6.20 Å². The average Bonchev–Trinajstić information content (AvgIpc) is 2.32. The largest absolute Gasteiger partial charge is 0.487 e. The van der Waals surface area contributed by atoms with Gasteiger partial charge < -0.3 is 10.5 Å². The number of ether oxygens (including phenoxy) is 1. The summed E-state index contributed by atoms with van der Waals surface area (Å²) in [4.78, 5) is 7.97. The van der Waals surface area contributed by atoms with Crippen LogP contribution in [0.4, 0.5) is 5.95 Å². The first-order valence-corrected chi connectivity index (χ1v) is 5.91. The number of nitrogens with two attached hydrogens (primary N) is 1. The fourth-order valence-electron chi connectivity index (χ4n) is 1.31. The predicted molar refractivity (Wildman–Crippen MR) is 69.7 cm³/mol. The van der Waals surface area contributed by atoms with Crippen LogP contribution >= 0.6 is 15.9 Å². The Morgan fingerprint density at radius 2 is 2.00 bits per heavy atom. The zero-order valence-electron chi connectivity index (χ0n) is 9.35. The molecular formula is C12H12BrN3O. The van der Waals surface area contributed by atoms with Crippen LogP contribution in [0.3, 0.4) is 0 Å². The highest BCUT2D eigenvalue weighted by Crippen LogP contribution is 2.18. The van der Waals surface area contributed by atoms with E-state index < -0.39 is 0 Å². The lowest BCUT2D eigenvalue weighted by Gasteiger charge is -2.07. The summed E-state index contributed by atoms with van der Waals surface area (Å²) >= 11 is 3.36. The van der Waals surface area contributed by atoms with E-state index in [1.54, 1.807) is 6.20 Å². The second-order valence-electron chi connectivity index (χ2n) is 3.62. The van der Waals surface area contributed by atoms with Crippen molar-refractivity contribution < 1.29 is 4.74 Å². The molecule has 1 aromatic carbocycles. The van der Waals surface area contributed by atoms with E-state index in [1.165, 1.54) is 5.56 Å². The SMILES string of the molecule is Cc1ccc(OCc2nc(N)ncc2Br)cc1. The van der Waals surface area contributed by atoms with Gasteiger partial charge in [-0.3, -0.25) is 0 Å². The third-order valence-corrected chi connectivity index (χ3v) is 2.89. The molecule has 5 heteroatoms. The van der Waals surface area contributed by atoms with Crippen LogP contribution in [0.25, 0.3) is 0 Å². The van der Waals surface area contributed by atoms with Gasteiger partial charge in [0.25, 0.3) is 0 Å². The minimum atomic E-state index is 0.246. The van der Waals surface area contributed by atoms with Crippen molar-refractivity contribution in [1.82, 2.24) is 9.97 Å². The summed E-state index contributed by atoms with van der Waals surface area (Å²) in [5.41, 5.74) is 7.45. The van der Waals surface area contributed by atoms with Gasteiger partial charge in [-0.15, -0.1) is 0 Å². The van der Waals surface area contributed by atoms with E-state index in [9.17, 15) is 0 Å². The highest BCUT2D eigenvalue weighted by molar-refractivity contribution is 9.10. The number of hydrogen-bond acceptors (Lipinski definition) is 4. The molecule has 1 aromatic heterocycles. The van der Waals surface area contributed by atoms with Crippen LogP contribution in [0.15, 0.2) is 34.9 Å². The van der Waals surface area contributed by atoms with E-state index in [0.29, 0.717) is 6.61 Å². The Morgan fingerprint density at radius 1 is 1.29 bits per heavy atom. The summed E-state index contributed by atoms with van der Waals surface area (Å²) in [5.74, 6) is 1.05. The Kier molecular flexibility index (Phi) is 3.58. The molecule has 1 heterocycles. The minimum Gasteiger partial charge on any atom is -0.487 e. The molecule has 0 saturated carbocycles. The van der Waals surface area contributed by atoms with Crippen molar-refractivity contribution in [3.63, 3.8) is 0 Å². The van der Waals surface area contributed by atoms with Gasteiger partial charge in [-0.1, -0.05) is 17.7 Å². The van der Waals surface area contributed by atoms with E-state index in [2.05, 4.69) is 25.9 Å². The Balaban J connectivity index is 2.07. The molecule has 0 fully saturated rings. The summed E-state index contributed by atoms with van der Waals surface area (Å²) in [7, 11) is 0. The van der Waals surface area contributed by atoms with Crippen molar-refractivity contribution in [1.29, 1.82) is 0 Å². The van der Waals surface area contributed by atoms with Crippen molar-refractivity contribution >= 4 is 21.9 Å². The number of benzene rings is 1. The maximum Gasteiger partial charge on any atom is 0.220 e. The normalized spacial score (nSPS) is 10.2. The van der Waals surface area contributed by atoms with Crippen molar-refractivity contribution in [3.05, 3.63) is 46.2 Å². The fourth-order valence-corrected chi connectivity index (χ4v) is 1.61. The molecule has 2 N–H and O–H groups in total. The maximum absolute atomic E-state index is 5.61. The first kappa shape index (κ1) is 11.9. The van der Waals surface area contributed by atoms with Crippen LogP contribution in [0.1, 0.15) is 11.3 Å². The molecule has 4 nitrogen and oxygen atoms in total. The Hall–Kier alpha value is -1.62. The van der Waals surface area contributed by atoms with Crippen molar-refractivity contribution in [2.24, 2.45) is 0 Å². The highest BCUT2D eigenvalue weighted by Gasteiger charge is 2.04. The van der Waals surface area contributed by atoms with E-state index in [0.717, 1.165) is 15.9 Å². The van der Waals surface area contributed by atoms with Gasteiger partial charge in [-0.2, -0.15) is 0 Å². The lowest BCUT2D eigenvalue weighted by atomic mass is 10.2. The molecule has 0 bridgehead atoms. The number of rotatable bonds is 3. The molecule has 0 saturated heterocycles. The van der Waals surface area contributed by atoms with Crippen LogP contribution in [0.5, 0.6) is 5.75 Å². The summed E-state index contributed by atoms with van der Waals surface area (Å²) in [5, 5.41) is 0.